The monoisotopic (exact) mass is 443 g/mol. The number of rotatable bonds is 6. The van der Waals surface area contributed by atoms with Crippen LogP contribution in [0.3, 0.4) is 0 Å². The van der Waals surface area contributed by atoms with E-state index in [2.05, 4.69) is 0 Å². The largest absolute Gasteiger partial charge is 0.467 e. The van der Waals surface area contributed by atoms with Gasteiger partial charge in [0.05, 0.1) is 30.9 Å². The van der Waals surface area contributed by atoms with E-state index in [4.69, 9.17) is 18.6 Å². The van der Waals surface area contributed by atoms with Crippen LogP contribution >= 0.6 is 0 Å². The third-order valence-electron chi connectivity index (χ3n) is 5.01. The summed E-state index contributed by atoms with van der Waals surface area (Å²) in [5.74, 6) is -1.03. The predicted octanol–water partition coefficient (Wildman–Crippen LogP) is 4.36. The van der Waals surface area contributed by atoms with Gasteiger partial charge in [0, 0.05) is 6.42 Å². The first-order chi connectivity index (χ1) is 15.1. The number of fused-ring (bicyclic) bond motifs is 1. The normalized spacial score (nSPS) is 17.0. The molecule has 1 aromatic carbocycles. The number of furan rings is 1. The van der Waals surface area contributed by atoms with Gasteiger partial charge in [0.25, 0.3) is 5.91 Å². The number of nitrogens with zero attached hydrogens (tertiary/aromatic N) is 1. The zero-order chi connectivity index (χ0) is 23.5. The maximum absolute atomic E-state index is 13.4. The first kappa shape index (κ1) is 23.5. The van der Waals surface area contributed by atoms with E-state index in [0.717, 1.165) is 10.5 Å². The molecule has 2 heterocycles. The number of esters is 1. The molecule has 2 amide bonds. The second-order valence-electron chi connectivity index (χ2n) is 8.60. The smallest absolute Gasteiger partial charge is 0.417 e. The number of ether oxygens (including phenoxy) is 3. The molecule has 1 aromatic heterocycles. The van der Waals surface area contributed by atoms with Crippen LogP contribution in [-0.2, 0) is 27.2 Å². The van der Waals surface area contributed by atoms with E-state index in [1.165, 1.54) is 6.26 Å². The zero-order valence-corrected chi connectivity index (χ0v) is 19.0. The molecule has 0 saturated heterocycles. The van der Waals surface area contributed by atoms with Gasteiger partial charge in [-0.2, -0.15) is 0 Å². The van der Waals surface area contributed by atoms with Crippen molar-refractivity contribution in [2.75, 3.05) is 6.61 Å². The molecule has 0 unspecified atom stereocenters. The number of hydrogen-bond donors (Lipinski definition) is 0. The van der Waals surface area contributed by atoms with E-state index in [9.17, 15) is 14.4 Å². The summed E-state index contributed by atoms with van der Waals surface area (Å²) in [6.45, 7) is 9.08. The molecule has 2 atom stereocenters. The van der Waals surface area contributed by atoms with Crippen molar-refractivity contribution in [2.24, 2.45) is 0 Å². The van der Waals surface area contributed by atoms with Crippen LogP contribution in [0.5, 0.6) is 0 Å². The molecule has 172 valence electrons. The molecule has 0 fully saturated rings. The maximum Gasteiger partial charge on any atom is 0.417 e. The number of benzene rings is 1. The van der Waals surface area contributed by atoms with Gasteiger partial charge in [-0.1, -0.05) is 30.3 Å². The Morgan fingerprint density at radius 1 is 1.22 bits per heavy atom. The quantitative estimate of drug-likeness (QED) is 0.612. The van der Waals surface area contributed by atoms with E-state index in [0.29, 0.717) is 12.4 Å². The molecule has 0 radical (unpaired) electrons. The average molecular weight is 443 g/mol. The van der Waals surface area contributed by atoms with Gasteiger partial charge in [0.15, 0.2) is 0 Å². The lowest BCUT2D eigenvalue weighted by atomic mass is 9.94. The summed E-state index contributed by atoms with van der Waals surface area (Å²) < 4.78 is 22.1. The second kappa shape index (κ2) is 9.56. The lowest BCUT2D eigenvalue weighted by Crippen LogP contribution is -2.55. The van der Waals surface area contributed by atoms with Crippen LogP contribution in [0.1, 0.15) is 66.7 Å². The van der Waals surface area contributed by atoms with Crippen LogP contribution in [0.25, 0.3) is 0 Å². The van der Waals surface area contributed by atoms with Gasteiger partial charge in [0.2, 0.25) is 0 Å². The summed E-state index contributed by atoms with van der Waals surface area (Å²) in [6, 6.07) is 8.92. The third-order valence-corrected chi connectivity index (χ3v) is 5.01. The van der Waals surface area contributed by atoms with Gasteiger partial charge >= 0.3 is 12.1 Å². The Bertz CT molecular complexity index is 974. The highest BCUT2D eigenvalue weighted by molar-refractivity contribution is 6.11. The number of hydrogen-bond acceptors (Lipinski definition) is 7. The first-order valence-corrected chi connectivity index (χ1v) is 10.6. The summed E-state index contributed by atoms with van der Waals surface area (Å²) in [4.78, 5) is 39.8. The molecule has 2 aromatic rings. The molecular formula is C24H29NO7. The topological polar surface area (TPSA) is 95.3 Å². The van der Waals surface area contributed by atoms with Gasteiger partial charge in [-0.25, -0.2) is 14.5 Å². The van der Waals surface area contributed by atoms with Crippen LogP contribution < -0.4 is 0 Å². The summed E-state index contributed by atoms with van der Waals surface area (Å²) in [6.07, 6.45) is 0.0711. The van der Waals surface area contributed by atoms with Gasteiger partial charge in [-0.3, -0.25) is 4.79 Å². The molecule has 0 saturated carbocycles. The fourth-order valence-corrected chi connectivity index (χ4v) is 3.51. The van der Waals surface area contributed by atoms with Crippen LogP contribution in [0.4, 0.5) is 4.79 Å². The minimum Gasteiger partial charge on any atom is -0.467 e. The number of carbonyl (C=O) groups excluding carboxylic acids is 3. The zero-order valence-electron chi connectivity index (χ0n) is 19.0. The van der Waals surface area contributed by atoms with Crippen molar-refractivity contribution in [1.29, 1.82) is 0 Å². The molecule has 8 nitrogen and oxygen atoms in total. The van der Waals surface area contributed by atoms with Crippen LogP contribution in [0.15, 0.2) is 41.0 Å². The predicted molar refractivity (Wildman–Crippen MR) is 115 cm³/mol. The molecule has 1 aliphatic heterocycles. The van der Waals surface area contributed by atoms with Crippen LogP contribution in [0.2, 0.25) is 0 Å². The van der Waals surface area contributed by atoms with Crippen molar-refractivity contribution in [3.63, 3.8) is 0 Å². The maximum atomic E-state index is 13.4. The minimum absolute atomic E-state index is 0.00304. The van der Waals surface area contributed by atoms with Crippen molar-refractivity contribution < 1.29 is 33.0 Å². The lowest BCUT2D eigenvalue weighted by Gasteiger charge is -2.37. The fourth-order valence-electron chi connectivity index (χ4n) is 3.51. The highest BCUT2D eigenvalue weighted by Crippen LogP contribution is 2.32. The summed E-state index contributed by atoms with van der Waals surface area (Å²) in [7, 11) is 0. The molecule has 0 bridgehead atoms. The minimum atomic E-state index is -0.809. The number of amides is 2. The Morgan fingerprint density at radius 2 is 1.91 bits per heavy atom. The Balaban J connectivity index is 1.91. The fraction of sp³-hybridized carbons (Fsp3) is 0.458. The van der Waals surface area contributed by atoms with Gasteiger partial charge in [-0.15, -0.1) is 0 Å². The van der Waals surface area contributed by atoms with Crippen molar-refractivity contribution in [3.05, 3.63) is 59.0 Å². The highest BCUT2D eigenvalue weighted by atomic mass is 16.6. The summed E-state index contributed by atoms with van der Waals surface area (Å²) in [5.41, 5.74) is 0.183. The van der Waals surface area contributed by atoms with Crippen LogP contribution in [0, 0.1) is 0 Å². The SMILES string of the molecule is CCOC(=O)c1coc2c1C(=O)N(C(=O)OC(C)(C)C)[C@@H]([C@@H](C)OCc1ccccc1)C2. The van der Waals surface area contributed by atoms with E-state index < -0.39 is 35.7 Å². The van der Waals surface area contributed by atoms with E-state index in [1.807, 2.05) is 30.3 Å². The van der Waals surface area contributed by atoms with Crippen molar-refractivity contribution in [2.45, 2.75) is 65.4 Å². The van der Waals surface area contributed by atoms with E-state index >= 15 is 0 Å². The molecule has 0 spiro atoms. The van der Waals surface area contributed by atoms with Crippen molar-refractivity contribution >= 4 is 18.0 Å². The number of imide groups is 1. The number of carbonyl (C=O) groups is 3. The van der Waals surface area contributed by atoms with Gasteiger partial charge < -0.3 is 18.6 Å². The highest BCUT2D eigenvalue weighted by Gasteiger charge is 2.45. The van der Waals surface area contributed by atoms with E-state index in [-0.39, 0.29) is 24.2 Å². The van der Waals surface area contributed by atoms with Gasteiger partial charge in [-0.05, 0) is 40.2 Å². The Hall–Kier alpha value is -3.13. The molecule has 0 aliphatic carbocycles. The standard InChI is InChI=1S/C24H29NO7/c1-6-29-22(27)17-14-31-19-12-18(15(2)30-13-16-10-8-7-9-11-16)25(21(26)20(17)19)23(28)32-24(3,4)5/h7-11,14-15,18H,6,12-13H2,1-5H3/t15-,18-/m1/s1. The molecular weight excluding hydrogens is 414 g/mol. The van der Waals surface area contributed by atoms with E-state index in [1.54, 1.807) is 34.6 Å². The second-order valence-corrected chi connectivity index (χ2v) is 8.60. The Morgan fingerprint density at radius 3 is 2.53 bits per heavy atom. The molecule has 0 N–H and O–H groups in total. The summed E-state index contributed by atoms with van der Waals surface area (Å²) in [5, 5.41) is 0. The molecule has 32 heavy (non-hydrogen) atoms. The van der Waals surface area contributed by atoms with Crippen LogP contribution in [-0.4, -0.2) is 47.2 Å². The average Bonchev–Trinajstić information content (AvgIpc) is 3.16. The summed E-state index contributed by atoms with van der Waals surface area (Å²) >= 11 is 0. The molecule has 3 rings (SSSR count). The third kappa shape index (κ3) is 5.19. The molecule has 1 aliphatic rings. The molecule has 8 heteroatoms. The first-order valence-electron chi connectivity index (χ1n) is 10.6. The Kier molecular flexibility index (Phi) is 7.03. The van der Waals surface area contributed by atoms with Crippen molar-refractivity contribution in [3.8, 4) is 0 Å². The lowest BCUT2D eigenvalue weighted by molar-refractivity contribution is -0.0277. The van der Waals surface area contributed by atoms with Gasteiger partial charge in [0.1, 0.15) is 23.2 Å². The van der Waals surface area contributed by atoms with Crippen molar-refractivity contribution in [1.82, 2.24) is 4.90 Å². The Labute approximate surface area is 187 Å².